The molecule has 4 heteroatoms. The molecule has 0 amide bonds. The standard InChI is InChI=1S/C17H14Cl2O2/c1-8-3-4-10-12(7-14(20)21)11-5-6-13(18)17(19)16(11)15(10)9(8)2/h3-6,12H,7H2,1-2H3,(H,20,21). The van der Waals surface area contributed by atoms with Crippen molar-refractivity contribution in [2.45, 2.75) is 26.2 Å². The number of fused-ring (bicyclic) bond motifs is 3. The van der Waals surface area contributed by atoms with Crippen molar-refractivity contribution in [2.24, 2.45) is 0 Å². The van der Waals surface area contributed by atoms with Gasteiger partial charge >= 0.3 is 5.97 Å². The average Bonchev–Trinajstić information content (AvgIpc) is 2.73. The Kier molecular flexibility index (Phi) is 3.46. The number of carboxylic acids is 1. The van der Waals surface area contributed by atoms with Crippen molar-refractivity contribution in [3.8, 4) is 11.1 Å². The van der Waals surface area contributed by atoms with Crippen LogP contribution in [0.15, 0.2) is 24.3 Å². The number of aryl methyl sites for hydroxylation is 1. The second kappa shape index (κ2) is 5.04. The van der Waals surface area contributed by atoms with Gasteiger partial charge < -0.3 is 5.11 Å². The monoisotopic (exact) mass is 320 g/mol. The SMILES string of the molecule is Cc1ccc2c(c1C)-c1c(ccc(Cl)c1Cl)C2CC(=O)O. The molecule has 0 heterocycles. The van der Waals surface area contributed by atoms with E-state index < -0.39 is 5.97 Å². The summed E-state index contributed by atoms with van der Waals surface area (Å²) in [6.07, 6.45) is 0.0560. The zero-order valence-electron chi connectivity index (χ0n) is 11.7. The predicted octanol–water partition coefficient (Wildman–Crippen LogP) is 5.20. The first kappa shape index (κ1) is 14.4. The largest absolute Gasteiger partial charge is 0.481 e. The molecule has 1 unspecified atom stereocenters. The van der Waals surface area contributed by atoms with Crippen LogP contribution in [0.5, 0.6) is 0 Å². The Bertz CT molecular complexity index is 708. The Morgan fingerprint density at radius 3 is 2.38 bits per heavy atom. The Labute approximate surface area is 133 Å². The van der Waals surface area contributed by atoms with Gasteiger partial charge in [-0.05, 0) is 47.7 Å². The van der Waals surface area contributed by atoms with E-state index in [-0.39, 0.29) is 12.3 Å². The van der Waals surface area contributed by atoms with Gasteiger partial charge in [0.05, 0.1) is 16.5 Å². The number of halogens is 2. The molecule has 2 aromatic carbocycles. The number of hydrogen-bond acceptors (Lipinski definition) is 1. The summed E-state index contributed by atoms with van der Waals surface area (Å²) in [5, 5.41) is 10.2. The van der Waals surface area contributed by atoms with Crippen LogP contribution in [0.25, 0.3) is 11.1 Å². The molecule has 1 aliphatic carbocycles. The fourth-order valence-electron chi connectivity index (χ4n) is 3.13. The molecule has 0 radical (unpaired) electrons. The van der Waals surface area contributed by atoms with E-state index in [0.717, 1.165) is 33.4 Å². The highest BCUT2D eigenvalue weighted by Gasteiger charge is 2.33. The van der Waals surface area contributed by atoms with Crippen LogP contribution in [0, 0.1) is 13.8 Å². The second-order valence-corrected chi connectivity index (χ2v) is 6.23. The smallest absolute Gasteiger partial charge is 0.304 e. The van der Waals surface area contributed by atoms with Gasteiger partial charge in [0.2, 0.25) is 0 Å². The third kappa shape index (κ3) is 2.14. The van der Waals surface area contributed by atoms with Crippen LogP contribution in [0.1, 0.15) is 34.6 Å². The summed E-state index contributed by atoms with van der Waals surface area (Å²) in [7, 11) is 0. The predicted molar refractivity (Wildman–Crippen MR) is 85.5 cm³/mol. The lowest BCUT2D eigenvalue weighted by atomic mass is 9.92. The van der Waals surface area contributed by atoms with Crippen LogP contribution in [0.3, 0.4) is 0 Å². The number of benzene rings is 2. The molecule has 0 saturated carbocycles. The maximum atomic E-state index is 11.2. The molecule has 1 atom stereocenters. The molecule has 2 aromatic rings. The van der Waals surface area contributed by atoms with Crippen LogP contribution in [-0.4, -0.2) is 11.1 Å². The van der Waals surface area contributed by atoms with Crippen LogP contribution in [0.2, 0.25) is 10.0 Å². The van der Waals surface area contributed by atoms with Crippen molar-refractivity contribution in [1.82, 2.24) is 0 Å². The van der Waals surface area contributed by atoms with Crippen molar-refractivity contribution in [3.63, 3.8) is 0 Å². The Balaban J connectivity index is 2.35. The highest BCUT2D eigenvalue weighted by atomic mass is 35.5. The van der Waals surface area contributed by atoms with E-state index in [1.54, 1.807) is 6.07 Å². The van der Waals surface area contributed by atoms with Crippen molar-refractivity contribution in [2.75, 3.05) is 0 Å². The maximum Gasteiger partial charge on any atom is 0.304 e. The van der Waals surface area contributed by atoms with Gasteiger partial charge in [-0.2, -0.15) is 0 Å². The Morgan fingerprint density at radius 2 is 1.71 bits per heavy atom. The first-order valence-corrected chi connectivity index (χ1v) is 7.47. The van der Waals surface area contributed by atoms with E-state index in [1.807, 2.05) is 32.0 Å². The molecule has 0 aliphatic heterocycles. The van der Waals surface area contributed by atoms with Crippen LogP contribution >= 0.6 is 23.2 Å². The maximum absolute atomic E-state index is 11.2. The van der Waals surface area contributed by atoms with Gasteiger partial charge in [0, 0.05) is 11.5 Å². The van der Waals surface area contributed by atoms with Gasteiger partial charge in [-0.3, -0.25) is 4.79 Å². The van der Waals surface area contributed by atoms with Gasteiger partial charge in [0.15, 0.2) is 0 Å². The molecule has 2 nitrogen and oxygen atoms in total. The summed E-state index contributed by atoms with van der Waals surface area (Å²) >= 11 is 12.6. The van der Waals surface area contributed by atoms with Crippen molar-refractivity contribution in [1.29, 1.82) is 0 Å². The quantitative estimate of drug-likeness (QED) is 0.826. The molecular formula is C17H14Cl2O2. The van der Waals surface area contributed by atoms with Crippen molar-refractivity contribution < 1.29 is 9.90 Å². The molecule has 108 valence electrons. The number of carboxylic acid groups (broad SMARTS) is 1. The fourth-order valence-corrected chi connectivity index (χ4v) is 3.56. The number of rotatable bonds is 2. The molecule has 0 fully saturated rings. The van der Waals surface area contributed by atoms with Gasteiger partial charge in [-0.25, -0.2) is 0 Å². The summed E-state index contributed by atoms with van der Waals surface area (Å²) in [5.41, 5.74) is 6.21. The summed E-state index contributed by atoms with van der Waals surface area (Å²) < 4.78 is 0. The molecule has 3 rings (SSSR count). The lowest BCUT2D eigenvalue weighted by molar-refractivity contribution is -0.137. The normalized spacial score (nSPS) is 15.7. The Hall–Kier alpha value is -1.51. The summed E-state index contributed by atoms with van der Waals surface area (Å²) in [5.74, 6) is -0.982. The summed E-state index contributed by atoms with van der Waals surface area (Å²) in [6, 6.07) is 7.68. The summed E-state index contributed by atoms with van der Waals surface area (Å²) in [4.78, 5) is 11.2. The molecule has 1 aliphatic rings. The van der Waals surface area contributed by atoms with E-state index >= 15 is 0 Å². The first-order chi connectivity index (χ1) is 9.91. The van der Waals surface area contributed by atoms with Gasteiger partial charge in [0.1, 0.15) is 0 Å². The van der Waals surface area contributed by atoms with Gasteiger partial charge in [-0.1, -0.05) is 41.4 Å². The van der Waals surface area contributed by atoms with E-state index in [2.05, 4.69) is 0 Å². The third-order valence-electron chi connectivity index (χ3n) is 4.27. The number of hydrogen-bond donors (Lipinski definition) is 1. The van der Waals surface area contributed by atoms with Crippen LogP contribution in [0.4, 0.5) is 0 Å². The molecule has 0 spiro atoms. The highest BCUT2D eigenvalue weighted by molar-refractivity contribution is 6.44. The number of aliphatic carboxylic acids is 1. The van der Waals surface area contributed by atoms with Crippen LogP contribution < -0.4 is 0 Å². The lowest BCUT2D eigenvalue weighted by Crippen LogP contribution is -2.05. The number of carbonyl (C=O) groups is 1. The minimum Gasteiger partial charge on any atom is -0.481 e. The van der Waals surface area contributed by atoms with E-state index in [4.69, 9.17) is 23.2 Å². The molecule has 0 saturated heterocycles. The second-order valence-electron chi connectivity index (χ2n) is 5.45. The molecule has 21 heavy (non-hydrogen) atoms. The third-order valence-corrected chi connectivity index (χ3v) is 5.08. The molecular weight excluding hydrogens is 307 g/mol. The zero-order valence-corrected chi connectivity index (χ0v) is 13.2. The van der Waals surface area contributed by atoms with Crippen LogP contribution in [-0.2, 0) is 4.79 Å². The zero-order chi connectivity index (χ0) is 15.3. The topological polar surface area (TPSA) is 37.3 Å². The Morgan fingerprint density at radius 1 is 1.10 bits per heavy atom. The molecule has 1 N–H and O–H groups in total. The highest BCUT2D eigenvalue weighted by Crippen LogP contribution is 2.52. The molecule has 0 bridgehead atoms. The van der Waals surface area contributed by atoms with Gasteiger partial charge in [0.25, 0.3) is 0 Å². The van der Waals surface area contributed by atoms with E-state index in [1.165, 1.54) is 0 Å². The fraction of sp³-hybridized carbons (Fsp3) is 0.235. The minimum atomic E-state index is -0.817. The summed E-state index contributed by atoms with van der Waals surface area (Å²) in [6.45, 7) is 4.08. The lowest BCUT2D eigenvalue weighted by Gasteiger charge is -2.12. The average molecular weight is 321 g/mol. The van der Waals surface area contributed by atoms with Gasteiger partial charge in [-0.15, -0.1) is 0 Å². The minimum absolute atomic E-state index is 0.0560. The van der Waals surface area contributed by atoms with Crippen molar-refractivity contribution in [3.05, 3.63) is 56.6 Å². The van der Waals surface area contributed by atoms with E-state index in [0.29, 0.717) is 10.0 Å². The first-order valence-electron chi connectivity index (χ1n) is 6.72. The van der Waals surface area contributed by atoms with E-state index in [9.17, 15) is 9.90 Å². The van der Waals surface area contributed by atoms with Crippen molar-refractivity contribution >= 4 is 29.2 Å². The molecule has 0 aromatic heterocycles.